The number of H-pyrrole nitrogens is 1. The molecule has 8 nitrogen and oxygen atoms in total. The number of aromatic nitrogens is 1. The summed E-state index contributed by atoms with van der Waals surface area (Å²) in [5.41, 5.74) is 0.739. The van der Waals surface area contributed by atoms with Crippen molar-refractivity contribution in [3.63, 3.8) is 0 Å². The van der Waals surface area contributed by atoms with Crippen molar-refractivity contribution in [3.05, 3.63) is 17.8 Å². The molecule has 1 amide bonds. The van der Waals surface area contributed by atoms with E-state index in [2.05, 4.69) is 4.98 Å². The smallest absolute Gasteiger partial charge is 0.270 e. The van der Waals surface area contributed by atoms with Crippen LogP contribution in [0.15, 0.2) is 12.1 Å². The van der Waals surface area contributed by atoms with Crippen LogP contribution in [0.2, 0.25) is 0 Å². The number of benzene rings is 1. The van der Waals surface area contributed by atoms with Gasteiger partial charge in [0.05, 0.1) is 46.1 Å². The lowest BCUT2D eigenvalue weighted by Crippen LogP contribution is -2.57. The number of aromatic amines is 1. The van der Waals surface area contributed by atoms with Gasteiger partial charge in [-0.1, -0.05) is 0 Å². The van der Waals surface area contributed by atoms with Crippen molar-refractivity contribution < 1.29 is 28.5 Å². The van der Waals surface area contributed by atoms with Crippen molar-refractivity contribution in [2.45, 2.75) is 25.0 Å². The first-order chi connectivity index (χ1) is 13.5. The van der Waals surface area contributed by atoms with Crippen LogP contribution in [0.1, 0.15) is 23.8 Å². The van der Waals surface area contributed by atoms with Gasteiger partial charge in [-0.15, -0.1) is 0 Å². The summed E-state index contributed by atoms with van der Waals surface area (Å²) >= 11 is 0. The van der Waals surface area contributed by atoms with Crippen LogP contribution in [-0.2, 0) is 9.47 Å². The highest BCUT2D eigenvalue weighted by Gasteiger charge is 2.44. The summed E-state index contributed by atoms with van der Waals surface area (Å²) in [5, 5.41) is 0.767. The van der Waals surface area contributed by atoms with Gasteiger partial charge in [0.25, 0.3) is 5.91 Å². The average Bonchev–Trinajstić information content (AvgIpc) is 3.32. The zero-order valence-electron chi connectivity index (χ0n) is 16.7. The van der Waals surface area contributed by atoms with Gasteiger partial charge in [0.1, 0.15) is 17.0 Å². The van der Waals surface area contributed by atoms with E-state index in [0.717, 1.165) is 11.8 Å². The standard InChI is InChI=1S/C20H26N2O6/c1-12-9-22(10-20(28-12)5-6-27-11-20)19(23)14-7-13-15(24-2)8-16(25-3)18(26-4)17(13)21-14/h7-8,12,21H,5-6,9-11H2,1-4H3/t12-,20-/m0/s1. The summed E-state index contributed by atoms with van der Waals surface area (Å²) in [6.45, 7) is 4.22. The largest absolute Gasteiger partial charge is 0.496 e. The Balaban J connectivity index is 1.71. The molecular formula is C20H26N2O6. The van der Waals surface area contributed by atoms with Gasteiger partial charge in [-0.05, 0) is 13.0 Å². The van der Waals surface area contributed by atoms with Gasteiger partial charge >= 0.3 is 0 Å². The normalized spacial score (nSPS) is 24.7. The van der Waals surface area contributed by atoms with Crippen LogP contribution in [0.5, 0.6) is 17.2 Å². The summed E-state index contributed by atoms with van der Waals surface area (Å²) in [4.78, 5) is 18.3. The fraction of sp³-hybridized carbons (Fsp3) is 0.550. The van der Waals surface area contributed by atoms with Crippen molar-refractivity contribution in [3.8, 4) is 17.2 Å². The fourth-order valence-corrected chi connectivity index (χ4v) is 4.21. The molecule has 1 aromatic heterocycles. The minimum atomic E-state index is -0.405. The number of methoxy groups -OCH3 is 3. The molecule has 0 radical (unpaired) electrons. The molecule has 0 saturated carbocycles. The van der Waals surface area contributed by atoms with Crippen LogP contribution < -0.4 is 14.2 Å². The Kier molecular flexibility index (Phi) is 4.84. The van der Waals surface area contributed by atoms with Crippen LogP contribution >= 0.6 is 0 Å². The summed E-state index contributed by atoms with van der Waals surface area (Å²) in [7, 11) is 4.72. The number of hydrogen-bond acceptors (Lipinski definition) is 6. The molecule has 1 spiro atoms. The van der Waals surface area contributed by atoms with Gasteiger partial charge in [-0.3, -0.25) is 4.79 Å². The van der Waals surface area contributed by atoms with E-state index >= 15 is 0 Å². The van der Waals surface area contributed by atoms with E-state index in [1.807, 2.05) is 11.8 Å². The number of nitrogens with one attached hydrogen (secondary N) is 1. The molecule has 2 saturated heterocycles. The van der Waals surface area contributed by atoms with Crippen molar-refractivity contribution in [2.75, 3.05) is 47.6 Å². The number of amides is 1. The molecule has 2 atom stereocenters. The molecule has 2 aromatic rings. The second kappa shape index (κ2) is 7.18. The van der Waals surface area contributed by atoms with Gasteiger partial charge in [0, 0.05) is 31.0 Å². The summed E-state index contributed by atoms with van der Waals surface area (Å²) in [6, 6.07) is 3.56. The Bertz CT molecular complexity index is 886. The van der Waals surface area contributed by atoms with Crippen molar-refractivity contribution in [1.82, 2.24) is 9.88 Å². The fourth-order valence-electron chi connectivity index (χ4n) is 4.21. The second-order valence-electron chi connectivity index (χ2n) is 7.39. The topological polar surface area (TPSA) is 82.3 Å². The Hall–Kier alpha value is -2.45. The highest BCUT2D eigenvalue weighted by Crippen LogP contribution is 2.41. The number of rotatable bonds is 4. The molecule has 2 aliphatic heterocycles. The predicted molar refractivity (Wildman–Crippen MR) is 103 cm³/mol. The molecule has 0 unspecified atom stereocenters. The highest BCUT2D eigenvalue weighted by molar-refractivity contribution is 6.02. The Labute approximate surface area is 163 Å². The average molecular weight is 390 g/mol. The Morgan fingerprint density at radius 3 is 2.64 bits per heavy atom. The van der Waals surface area contributed by atoms with E-state index < -0.39 is 5.60 Å². The Morgan fingerprint density at radius 1 is 1.21 bits per heavy atom. The molecule has 2 aliphatic rings. The maximum absolute atomic E-state index is 13.3. The molecule has 28 heavy (non-hydrogen) atoms. The minimum absolute atomic E-state index is 0.0482. The van der Waals surface area contributed by atoms with Crippen molar-refractivity contribution in [1.29, 1.82) is 0 Å². The number of hydrogen-bond donors (Lipinski definition) is 1. The van der Waals surface area contributed by atoms with Crippen LogP contribution in [0.4, 0.5) is 0 Å². The molecule has 1 aromatic carbocycles. The third-order valence-electron chi connectivity index (χ3n) is 5.43. The molecular weight excluding hydrogens is 364 g/mol. The first kappa shape index (κ1) is 18.9. The predicted octanol–water partition coefficient (Wildman–Crippen LogP) is 2.21. The van der Waals surface area contributed by atoms with E-state index in [0.29, 0.717) is 54.8 Å². The monoisotopic (exact) mass is 390 g/mol. The van der Waals surface area contributed by atoms with Gasteiger partial charge in [0.2, 0.25) is 0 Å². The molecule has 1 N–H and O–H groups in total. The minimum Gasteiger partial charge on any atom is -0.496 e. The number of carbonyl (C=O) groups excluding carboxylic acids is 1. The van der Waals surface area contributed by atoms with Crippen molar-refractivity contribution >= 4 is 16.8 Å². The molecule has 2 fully saturated rings. The molecule has 0 bridgehead atoms. The van der Waals surface area contributed by atoms with Gasteiger partial charge in [-0.2, -0.15) is 0 Å². The Morgan fingerprint density at radius 2 is 2.00 bits per heavy atom. The zero-order valence-corrected chi connectivity index (χ0v) is 16.7. The number of ether oxygens (including phenoxy) is 5. The van der Waals surface area contributed by atoms with E-state index in [4.69, 9.17) is 23.7 Å². The lowest BCUT2D eigenvalue weighted by Gasteiger charge is -2.42. The molecule has 4 rings (SSSR count). The number of morpholine rings is 1. The van der Waals surface area contributed by atoms with Gasteiger partial charge < -0.3 is 33.6 Å². The third-order valence-corrected chi connectivity index (χ3v) is 5.43. The molecule has 0 aliphatic carbocycles. The third kappa shape index (κ3) is 3.06. The summed E-state index contributed by atoms with van der Waals surface area (Å²) < 4.78 is 28.1. The SMILES string of the molecule is COc1cc(OC)c2cc(C(=O)N3C[C@H](C)O[C@@]4(CCOC4)C3)[nH]c2c1OC. The van der Waals surface area contributed by atoms with Gasteiger partial charge in [0.15, 0.2) is 11.5 Å². The molecule has 3 heterocycles. The maximum Gasteiger partial charge on any atom is 0.270 e. The number of nitrogens with zero attached hydrogens (tertiary/aromatic N) is 1. The van der Waals surface area contributed by atoms with E-state index in [9.17, 15) is 4.79 Å². The zero-order chi connectivity index (χ0) is 19.9. The number of carbonyl (C=O) groups is 1. The van der Waals surface area contributed by atoms with E-state index in [1.54, 1.807) is 33.5 Å². The molecule has 152 valence electrons. The van der Waals surface area contributed by atoms with Gasteiger partial charge in [-0.25, -0.2) is 0 Å². The van der Waals surface area contributed by atoms with Crippen LogP contribution in [0.3, 0.4) is 0 Å². The maximum atomic E-state index is 13.3. The van der Waals surface area contributed by atoms with Crippen LogP contribution in [0, 0.1) is 0 Å². The first-order valence-electron chi connectivity index (χ1n) is 9.37. The quantitative estimate of drug-likeness (QED) is 0.862. The lowest BCUT2D eigenvalue weighted by atomic mass is 9.99. The summed E-state index contributed by atoms with van der Waals surface area (Å²) in [5.74, 6) is 1.60. The lowest BCUT2D eigenvalue weighted by molar-refractivity contribution is -0.138. The molecule has 8 heteroatoms. The highest BCUT2D eigenvalue weighted by atomic mass is 16.6. The first-order valence-corrected chi connectivity index (χ1v) is 9.37. The van der Waals surface area contributed by atoms with Crippen LogP contribution in [0.25, 0.3) is 10.9 Å². The van der Waals surface area contributed by atoms with E-state index in [1.165, 1.54) is 0 Å². The van der Waals surface area contributed by atoms with Crippen LogP contribution in [-0.4, -0.2) is 75.1 Å². The second-order valence-corrected chi connectivity index (χ2v) is 7.39. The summed E-state index contributed by atoms with van der Waals surface area (Å²) in [6.07, 6.45) is 0.750. The number of fused-ring (bicyclic) bond motifs is 1. The van der Waals surface area contributed by atoms with Crippen molar-refractivity contribution in [2.24, 2.45) is 0 Å². The van der Waals surface area contributed by atoms with E-state index in [-0.39, 0.29) is 12.0 Å².